The zero-order valence-electron chi connectivity index (χ0n) is 5.67. The lowest BCUT2D eigenvalue weighted by Crippen LogP contribution is -1.96. The normalized spacial score (nSPS) is 9.80. The van der Waals surface area contributed by atoms with Gasteiger partial charge >= 0.3 is 5.97 Å². The zero-order valence-corrected chi connectivity index (χ0v) is 6.43. The minimum atomic E-state index is -0.297. The molecule has 0 unspecified atom stereocenters. The van der Waals surface area contributed by atoms with Gasteiger partial charge in [0.15, 0.2) is 6.07 Å². The predicted octanol–water partition coefficient (Wildman–Crippen LogP) is 1.28. The fourth-order valence-electron chi connectivity index (χ4n) is 0.332. The Morgan fingerprint density at radius 3 is 2.90 bits per heavy atom. The molecule has 0 aliphatic rings. The molecule has 3 nitrogen and oxygen atoms in total. The first-order chi connectivity index (χ1) is 4.81. The molecule has 58 valence electrons. The number of alkyl halides is 1. The van der Waals surface area contributed by atoms with Gasteiger partial charge in [-0.3, -0.25) is 4.79 Å². The van der Waals surface area contributed by atoms with Crippen molar-refractivity contribution in [3.63, 3.8) is 0 Å². The van der Waals surface area contributed by atoms with E-state index >= 15 is 0 Å². The maximum Gasteiger partial charge on any atom is 0.309 e. The van der Waals surface area contributed by atoms with E-state index in [0.717, 1.165) is 0 Å². The Labute approximate surface area is 64.6 Å². The van der Waals surface area contributed by atoms with Crippen molar-refractivity contribution < 1.29 is 14.3 Å². The summed E-state index contributed by atoms with van der Waals surface area (Å²) >= 11 is 5.16. The summed E-state index contributed by atoms with van der Waals surface area (Å²) in [5.74, 6) is -0.297. The molecular formula is C6H9ClO3. The first kappa shape index (κ1) is 9.30. The fourth-order valence-corrected chi connectivity index (χ4v) is 0.405. The third-order valence-electron chi connectivity index (χ3n) is 0.768. The third-order valence-corrected chi connectivity index (χ3v) is 0.894. The Kier molecular flexibility index (Phi) is 5.97. The van der Waals surface area contributed by atoms with Gasteiger partial charge in [0.1, 0.15) is 0 Å². The van der Waals surface area contributed by atoms with Crippen molar-refractivity contribution in [1.29, 1.82) is 0 Å². The molecule has 0 heterocycles. The molecule has 0 rings (SSSR count). The molecule has 0 N–H and O–H groups in total. The highest BCUT2D eigenvalue weighted by atomic mass is 35.5. The van der Waals surface area contributed by atoms with Crippen molar-refractivity contribution in [3.8, 4) is 0 Å². The molecule has 0 amide bonds. The van der Waals surface area contributed by atoms with E-state index in [2.05, 4.69) is 9.47 Å². The molecular weight excluding hydrogens is 156 g/mol. The maximum atomic E-state index is 10.4. The molecule has 0 atom stereocenters. The summed E-state index contributed by atoms with van der Waals surface area (Å²) in [6.07, 6.45) is 3.12. The van der Waals surface area contributed by atoms with Gasteiger partial charge in [-0.15, -0.1) is 0 Å². The summed E-state index contributed by atoms with van der Waals surface area (Å²) < 4.78 is 8.96. The van der Waals surface area contributed by atoms with Gasteiger partial charge in [0.05, 0.1) is 19.8 Å². The Morgan fingerprint density at radius 1 is 1.70 bits per heavy atom. The van der Waals surface area contributed by atoms with Gasteiger partial charge in [0.25, 0.3) is 0 Å². The minimum Gasteiger partial charge on any atom is -0.486 e. The molecule has 0 saturated carbocycles. The largest absolute Gasteiger partial charge is 0.486 e. The topological polar surface area (TPSA) is 35.5 Å². The number of methoxy groups -OCH3 is 1. The smallest absolute Gasteiger partial charge is 0.309 e. The lowest BCUT2D eigenvalue weighted by Gasteiger charge is -1.92. The summed E-state index contributed by atoms with van der Waals surface area (Å²) in [5.41, 5.74) is 0. The van der Waals surface area contributed by atoms with Gasteiger partial charge in [-0.05, 0) is 6.08 Å². The minimum absolute atomic E-state index is 0.0949. The van der Waals surface area contributed by atoms with E-state index in [9.17, 15) is 4.79 Å². The number of hydrogen-bond acceptors (Lipinski definition) is 3. The quantitative estimate of drug-likeness (QED) is 0.357. The molecule has 10 heavy (non-hydrogen) atoms. The van der Waals surface area contributed by atoms with E-state index in [1.165, 1.54) is 19.4 Å². The maximum absolute atomic E-state index is 10.4. The number of esters is 1. The van der Waals surface area contributed by atoms with Gasteiger partial charge in [-0.25, -0.2) is 0 Å². The second-order valence-electron chi connectivity index (χ2n) is 1.43. The highest BCUT2D eigenvalue weighted by molar-refractivity contribution is 6.17. The highest BCUT2D eigenvalue weighted by Crippen LogP contribution is 1.88. The van der Waals surface area contributed by atoms with Crippen LogP contribution in [0.5, 0.6) is 0 Å². The molecule has 0 fully saturated rings. The van der Waals surface area contributed by atoms with Gasteiger partial charge in [-0.2, -0.15) is 0 Å². The number of hydrogen-bond donors (Lipinski definition) is 0. The van der Waals surface area contributed by atoms with E-state index in [1.54, 1.807) is 0 Å². The molecule has 4 heteroatoms. The van der Waals surface area contributed by atoms with Crippen LogP contribution in [0.1, 0.15) is 6.42 Å². The summed E-state index contributed by atoms with van der Waals surface area (Å²) in [6.45, 7) is 0. The number of halogens is 1. The second kappa shape index (κ2) is 6.42. The number of rotatable bonds is 4. The molecule has 0 aliphatic heterocycles. The molecule has 0 aromatic rings. The van der Waals surface area contributed by atoms with Crippen molar-refractivity contribution in [1.82, 2.24) is 0 Å². The van der Waals surface area contributed by atoms with Crippen LogP contribution in [0.2, 0.25) is 0 Å². The second-order valence-corrected chi connectivity index (χ2v) is 1.65. The van der Waals surface area contributed by atoms with Crippen molar-refractivity contribution in [2.45, 2.75) is 6.42 Å². The highest BCUT2D eigenvalue weighted by Gasteiger charge is 1.92. The van der Waals surface area contributed by atoms with E-state index < -0.39 is 0 Å². The molecule has 0 spiro atoms. The van der Waals surface area contributed by atoms with Crippen LogP contribution in [0.15, 0.2) is 12.3 Å². The Balaban J connectivity index is 3.25. The molecule has 0 aliphatic carbocycles. The predicted molar refractivity (Wildman–Crippen MR) is 37.6 cm³/mol. The molecule has 0 aromatic heterocycles. The number of carbonyl (C=O) groups excluding carboxylic acids is 1. The first-order valence-electron chi connectivity index (χ1n) is 2.70. The molecule has 0 radical (unpaired) electrons. The van der Waals surface area contributed by atoms with Crippen LogP contribution in [-0.2, 0) is 14.3 Å². The summed E-state index contributed by atoms with van der Waals surface area (Å²) in [5, 5.41) is 0. The van der Waals surface area contributed by atoms with Crippen molar-refractivity contribution in [2.24, 2.45) is 0 Å². The monoisotopic (exact) mass is 164 g/mol. The van der Waals surface area contributed by atoms with E-state index in [1.807, 2.05) is 0 Å². The van der Waals surface area contributed by atoms with Gasteiger partial charge in [0.2, 0.25) is 0 Å². The summed E-state index contributed by atoms with van der Waals surface area (Å²) in [6, 6.07) is 0.0949. The standard InChI is InChI=1S/C6H9ClO3/c1-9-6(8)3-2-4-10-5-7/h2,4H,3,5H2,1H3. The van der Waals surface area contributed by atoms with Crippen LogP contribution >= 0.6 is 11.6 Å². The Hall–Kier alpha value is -0.700. The molecule has 0 bridgehead atoms. The van der Waals surface area contributed by atoms with Crippen LogP contribution in [-0.4, -0.2) is 19.1 Å². The summed E-state index contributed by atoms with van der Waals surface area (Å²) in [4.78, 5) is 10.4. The van der Waals surface area contributed by atoms with Gasteiger partial charge in [0, 0.05) is 0 Å². The van der Waals surface area contributed by atoms with E-state index in [4.69, 9.17) is 11.6 Å². The van der Waals surface area contributed by atoms with Crippen LogP contribution in [0.3, 0.4) is 0 Å². The van der Waals surface area contributed by atoms with Crippen molar-refractivity contribution in [3.05, 3.63) is 12.3 Å². The summed E-state index contributed by atoms with van der Waals surface area (Å²) in [7, 11) is 1.33. The Morgan fingerprint density at radius 2 is 2.40 bits per heavy atom. The lowest BCUT2D eigenvalue weighted by molar-refractivity contribution is -0.139. The van der Waals surface area contributed by atoms with E-state index in [-0.39, 0.29) is 18.5 Å². The van der Waals surface area contributed by atoms with Crippen LogP contribution in [0, 0.1) is 0 Å². The molecule has 0 saturated heterocycles. The Bertz CT molecular complexity index is 122. The lowest BCUT2D eigenvalue weighted by atomic mass is 10.4. The molecule has 0 aromatic carbocycles. The average Bonchev–Trinajstić information content (AvgIpc) is 1.98. The number of carbonyl (C=O) groups is 1. The van der Waals surface area contributed by atoms with Gasteiger partial charge < -0.3 is 9.47 Å². The van der Waals surface area contributed by atoms with Crippen LogP contribution < -0.4 is 0 Å². The number of ether oxygens (including phenoxy) is 2. The van der Waals surface area contributed by atoms with E-state index in [0.29, 0.717) is 0 Å². The van der Waals surface area contributed by atoms with Crippen LogP contribution in [0.4, 0.5) is 0 Å². The first-order valence-corrected chi connectivity index (χ1v) is 3.24. The van der Waals surface area contributed by atoms with Crippen LogP contribution in [0.25, 0.3) is 0 Å². The van der Waals surface area contributed by atoms with Crippen molar-refractivity contribution in [2.75, 3.05) is 13.2 Å². The third kappa shape index (κ3) is 5.44. The SMILES string of the molecule is COC(=O)CC=COCCl. The van der Waals surface area contributed by atoms with Crippen molar-refractivity contribution >= 4 is 17.6 Å². The average molecular weight is 165 g/mol. The van der Waals surface area contributed by atoms with Gasteiger partial charge in [-0.1, -0.05) is 11.6 Å². The zero-order chi connectivity index (χ0) is 7.82. The fraction of sp³-hybridized carbons (Fsp3) is 0.500.